The second kappa shape index (κ2) is 32.7. The van der Waals surface area contributed by atoms with Crippen molar-refractivity contribution in [2.45, 2.75) is 257 Å². The summed E-state index contributed by atoms with van der Waals surface area (Å²) in [6, 6.07) is 95.8. The predicted octanol–water partition coefficient (Wildman–Crippen LogP) is 33.5. The van der Waals surface area contributed by atoms with Gasteiger partial charge >= 0.3 is 0 Å². The van der Waals surface area contributed by atoms with E-state index in [2.05, 4.69) is 303 Å². The molecule has 1 nitrogen and oxygen atoms in total. The summed E-state index contributed by atoms with van der Waals surface area (Å²) in [6.45, 7) is 19.1. The lowest BCUT2D eigenvalue weighted by Gasteiger charge is -2.33. The zero-order chi connectivity index (χ0) is 77.3. The summed E-state index contributed by atoms with van der Waals surface area (Å²) < 4.78 is 0. The van der Waals surface area contributed by atoms with Crippen molar-refractivity contribution in [2.75, 3.05) is 0 Å². The third-order valence-electron chi connectivity index (χ3n) is 28.1. The van der Waals surface area contributed by atoms with Crippen LogP contribution in [0.5, 0.6) is 0 Å². The summed E-state index contributed by atoms with van der Waals surface area (Å²) in [7, 11) is 0. The van der Waals surface area contributed by atoms with Gasteiger partial charge in [-0.15, -0.1) is 0 Å². The number of benzene rings is 12. The van der Waals surface area contributed by atoms with Gasteiger partial charge in [0.1, 0.15) is 0 Å². The van der Waals surface area contributed by atoms with Gasteiger partial charge in [-0.05, 0) is 242 Å². The summed E-state index contributed by atoms with van der Waals surface area (Å²) in [5.74, 6) is 0. The molecule has 0 saturated heterocycles. The third kappa shape index (κ3) is 14.3. The zero-order valence-corrected chi connectivity index (χ0v) is 69.4. The van der Waals surface area contributed by atoms with Crippen molar-refractivity contribution < 1.29 is 0 Å². The molecule has 0 amide bonds. The normalized spacial score (nSPS) is 14.6. The van der Waals surface area contributed by atoms with Gasteiger partial charge in [0, 0.05) is 43.5 Å². The van der Waals surface area contributed by atoms with Gasteiger partial charge in [-0.1, -0.05) is 391 Å². The van der Waals surface area contributed by atoms with Gasteiger partial charge < -0.3 is 4.98 Å². The fourth-order valence-electron chi connectivity index (χ4n) is 21.6. The average Bonchev–Trinajstić information content (AvgIpc) is 1.57. The zero-order valence-electron chi connectivity index (χ0n) is 69.4. The highest BCUT2D eigenvalue weighted by Gasteiger charge is 2.45. The lowest BCUT2D eigenvalue weighted by atomic mass is 9.70. The SMILES string of the molecule is CCCCCCCCC1(CCCCCCCC)c2ccccc2-c2ccc(-c3ccc4c(c3)C(C)(C)c3cc(-c5ccc(-c6ccc7[nH]c8ccc(-c9ccc(-c%10ccc%11c(c%10)C(C)(C)c%10cc(-c%12ccc%13c(c%12)C(CCCCCCCC)(CCCCCCCC)c%12ccccc%12-%13)ccc%10-%11)cc9)cc8c7c6)cc5)ccc3-4)cc21. The first-order valence-corrected chi connectivity index (χ1v) is 44.7. The van der Waals surface area contributed by atoms with Crippen LogP contribution in [-0.4, -0.2) is 4.98 Å². The highest BCUT2D eigenvalue weighted by Crippen LogP contribution is 2.59. The quantitative estimate of drug-likeness (QED) is 0.0387. The van der Waals surface area contributed by atoms with Gasteiger partial charge in [0.15, 0.2) is 0 Å². The number of aromatic amines is 1. The molecule has 0 unspecified atom stereocenters. The van der Waals surface area contributed by atoms with E-state index < -0.39 is 0 Å². The van der Waals surface area contributed by atoms with Crippen molar-refractivity contribution >= 4 is 21.8 Å². The van der Waals surface area contributed by atoms with Gasteiger partial charge in [-0.3, -0.25) is 0 Å². The number of nitrogens with one attached hydrogen (secondary N) is 1. The molecule has 0 fully saturated rings. The van der Waals surface area contributed by atoms with E-state index in [0.29, 0.717) is 0 Å². The Morgan fingerprint density at radius 3 is 0.699 bits per heavy atom. The highest BCUT2D eigenvalue weighted by atomic mass is 14.7. The lowest BCUT2D eigenvalue weighted by molar-refractivity contribution is 0.398. The van der Waals surface area contributed by atoms with Crippen LogP contribution >= 0.6 is 0 Å². The Balaban J connectivity index is 0.584. The Kier molecular flexibility index (Phi) is 22.0. The van der Waals surface area contributed by atoms with E-state index in [4.69, 9.17) is 0 Å². The lowest BCUT2D eigenvalue weighted by Crippen LogP contribution is -2.25. The first-order chi connectivity index (χ1) is 55.3. The Morgan fingerprint density at radius 1 is 0.195 bits per heavy atom. The Bertz CT molecular complexity index is 5210. The molecule has 1 heteroatoms. The molecule has 0 radical (unpaired) electrons. The molecule has 1 aromatic heterocycles. The van der Waals surface area contributed by atoms with Crippen LogP contribution in [-0.2, 0) is 21.7 Å². The van der Waals surface area contributed by atoms with Gasteiger partial charge in [-0.25, -0.2) is 0 Å². The Labute approximate surface area is 677 Å². The minimum Gasteiger partial charge on any atom is -0.355 e. The summed E-state index contributed by atoms with van der Waals surface area (Å²) in [5, 5.41) is 2.49. The summed E-state index contributed by atoms with van der Waals surface area (Å²) in [6.07, 6.45) is 36.9. The number of aromatic nitrogens is 1. The van der Waals surface area contributed by atoms with Crippen LogP contribution in [0, 0.1) is 0 Å². The number of hydrogen-bond acceptors (Lipinski definition) is 0. The Hall–Kier alpha value is -9.56. The molecule has 4 aliphatic rings. The molecule has 1 N–H and O–H groups in total. The molecule has 4 aliphatic carbocycles. The average molecular weight is 1480 g/mol. The predicted molar refractivity (Wildman–Crippen MR) is 488 cm³/mol. The summed E-state index contributed by atoms with van der Waals surface area (Å²) in [4.78, 5) is 3.76. The molecule has 12 aromatic carbocycles. The van der Waals surface area contributed by atoms with Crippen LogP contribution in [0.3, 0.4) is 0 Å². The van der Waals surface area contributed by atoms with Gasteiger partial charge in [0.05, 0.1) is 0 Å². The number of hydrogen-bond donors (Lipinski definition) is 1. The summed E-state index contributed by atoms with van der Waals surface area (Å²) in [5.41, 5.74) is 40.7. The first kappa shape index (κ1) is 76.1. The van der Waals surface area contributed by atoms with Crippen molar-refractivity contribution in [3.63, 3.8) is 0 Å². The van der Waals surface area contributed by atoms with E-state index in [0.717, 1.165) is 11.0 Å². The van der Waals surface area contributed by atoms with Crippen molar-refractivity contribution in [3.8, 4) is 111 Å². The minimum absolute atomic E-state index is 0.0617. The van der Waals surface area contributed by atoms with Crippen LogP contribution in [0.1, 0.15) is 280 Å². The maximum Gasteiger partial charge on any atom is 0.0465 e. The number of fused-ring (bicyclic) bond motifs is 15. The van der Waals surface area contributed by atoms with Gasteiger partial charge in [0.25, 0.3) is 0 Å². The summed E-state index contributed by atoms with van der Waals surface area (Å²) >= 11 is 0. The largest absolute Gasteiger partial charge is 0.355 e. The molecule has 113 heavy (non-hydrogen) atoms. The molecule has 574 valence electrons. The van der Waals surface area contributed by atoms with Crippen LogP contribution in [0.15, 0.2) is 243 Å². The molecular weight excluding hydrogens is 1360 g/mol. The molecule has 0 atom stereocenters. The van der Waals surface area contributed by atoms with Crippen LogP contribution in [0.4, 0.5) is 0 Å². The number of rotatable bonds is 34. The number of H-pyrrole nitrogens is 1. The fourth-order valence-corrected chi connectivity index (χ4v) is 21.6. The van der Waals surface area contributed by atoms with Crippen molar-refractivity contribution in [2.24, 2.45) is 0 Å². The van der Waals surface area contributed by atoms with E-state index in [1.165, 1.54) is 324 Å². The molecule has 0 spiro atoms. The molecule has 1 heterocycles. The maximum atomic E-state index is 3.76. The number of unbranched alkanes of at least 4 members (excludes halogenated alkanes) is 20. The highest BCUT2D eigenvalue weighted by molar-refractivity contribution is 6.10. The van der Waals surface area contributed by atoms with E-state index in [1.54, 1.807) is 22.3 Å². The first-order valence-electron chi connectivity index (χ1n) is 44.7. The molecule has 0 saturated carbocycles. The van der Waals surface area contributed by atoms with E-state index in [9.17, 15) is 0 Å². The second-order valence-electron chi connectivity index (χ2n) is 35.9. The van der Waals surface area contributed by atoms with Crippen molar-refractivity contribution in [1.82, 2.24) is 4.98 Å². The monoisotopic (exact) mass is 1480 g/mol. The van der Waals surface area contributed by atoms with Crippen LogP contribution in [0.2, 0.25) is 0 Å². The van der Waals surface area contributed by atoms with Crippen molar-refractivity contribution in [3.05, 3.63) is 287 Å². The molecule has 13 aromatic rings. The topological polar surface area (TPSA) is 15.8 Å². The molecular formula is C112H121N. The Morgan fingerprint density at radius 2 is 0.407 bits per heavy atom. The van der Waals surface area contributed by atoms with E-state index in [1.807, 2.05) is 0 Å². The molecule has 0 bridgehead atoms. The molecule has 0 aliphatic heterocycles. The van der Waals surface area contributed by atoms with Gasteiger partial charge in [0.2, 0.25) is 0 Å². The van der Waals surface area contributed by atoms with E-state index >= 15 is 0 Å². The van der Waals surface area contributed by atoms with Gasteiger partial charge in [-0.2, -0.15) is 0 Å². The van der Waals surface area contributed by atoms with Crippen LogP contribution < -0.4 is 0 Å². The smallest absolute Gasteiger partial charge is 0.0465 e. The fraction of sp³-hybridized carbons (Fsp3) is 0.357. The van der Waals surface area contributed by atoms with Crippen LogP contribution in [0.25, 0.3) is 133 Å². The maximum absolute atomic E-state index is 3.76. The minimum atomic E-state index is -0.156. The second-order valence-corrected chi connectivity index (χ2v) is 35.9. The van der Waals surface area contributed by atoms with E-state index in [-0.39, 0.29) is 21.7 Å². The van der Waals surface area contributed by atoms with Crippen molar-refractivity contribution in [1.29, 1.82) is 0 Å². The standard InChI is InChI=1S/C112H121N/c1-9-13-17-21-25-33-65-111(66-34-26-22-18-14-10-2)99-39-31-29-37-89(99)95-61-53-87(75-105(95)111)85-51-59-93-91-57-49-83(71-101(91)109(5,6)103(93)73-85)79-45-41-77(42-46-79)81-55-63-107-97(69-81)98-70-82(56-64-108(98)113-107)78-43-47-80(48-44-78)84-50-58-92-94-60-52-86(74-104(94)110(7,8)102(92)72-84)88-54-62-96-90-38-30-32-40-100(90)112(106(96)76-88,67-35-27-23-19-15-11-3)68-36-28-24-20-16-12-4/h29-32,37-64,69-76,113H,9-28,33-36,65-68H2,1-8H3. The molecule has 17 rings (SSSR count). The third-order valence-corrected chi connectivity index (χ3v) is 28.1.